The lowest BCUT2D eigenvalue weighted by molar-refractivity contribution is 0.633. The molecule has 1 aromatic carbocycles. The van der Waals surface area contributed by atoms with Crippen molar-refractivity contribution in [3.05, 3.63) is 58.3 Å². The number of anilines is 1. The van der Waals surface area contributed by atoms with Crippen LogP contribution in [0, 0.1) is 6.92 Å². The molecular weight excluding hydrogens is 312 g/mol. The fourth-order valence-corrected chi connectivity index (χ4v) is 2.68. The van der Waals surface area contributed by atoms with Gasteiger partial charge in [0.25, 0.3) is 0 Å². The third-order valence-corrected chi connectivity index (χ3v) is 3.87. The zero-order chi connectivity index (χ0) is 14.4. The van der Waals surface area contributed by atoms with Crippen LogP contribution in [0.5, 0.6) is 0 Å². The number of hydrogen-bond acceptors (Lipinski definition) is 2. The lowest BCUT2D eigenvalue weighted by atomic mass is 10.0. The first kappa shape index (κ1) is 15.0. The molecular formula is C17H21BrN2. The molecule has 0 radical (unpaired) electrons. The van der Waals surface area contributed by atoms with Crippen molar-refractivity contribution in [1.82, 2.24) is 4.98 Å². The van der Waals surface area contributed by atoms with E-state index in [2.05, 4.69) is 69.6 Å². The van der Waals surface area contributed by atoms with Gasteiger partial charge < -0.3 is 5.32 Å². The van der Waals surface area contributed by atoms with Crippen LogP contribution in [0.4, 0.5) is 5.69 Å². The smallest absolute Gasteiger partial charge is 0.106 e. The molecule has 0 amide bonds. The largest absolute Gasteiger partial charge is 0.377 e. The predicted octanol–water partition coefficient (Wildman–Crippen LogP) is 5.50. The number of unbranched alkanes of at least 4 members (excludes halogenated alkanes) is 1. The van der Waals surface area contributed by atoms with E-state index in [1.807, 2.05) is 13.0 Å². The minimum Gasteiger partial charge on any atom is -0.377 e. The molecule has 1 atom stereocenters. The summed E-state index contributed by atoms with van der Waals surface area (Å²) in [6, 6.07) is 15.1. The van der Waals surface area contributed by atoms with Crippen molar-refractivity contribution in [2.45, 2.75) is 39.2 Å². The third-order valence-electron chi connectivity index (χ3n) is 3.43. The fourth-order valence-electron chi connectivity index (χ4n) is 2.29. The van der Waals surface area contributed by atoms with E-state index < -0.39 is 0 Å². The number of nitrogens with zero attached hydrogens (tertiary/aromatic N) is 1. The van der Waals surface area contributed by atoms with Crippen LogP contribution in [0.25, 0.3) is 0 Å². The van der Waals surface area contributed by atoms with Crippen molar-refractivity contribution >= 4 is 21.6 Å². The third kappa shape index (κ3) is 4.07. The summed E-state index contributed by atoms with van der Waals surface area (Å²) in [5.41, 5.74) is 3.47. The average molecular weight is 333 g/mol. The van der Waals surface area contributed by atoms with Crippen molar-refractivity contribution in [2.24, 2.45) is 0 Å². The van der Waals surface area contributed by atoms with Crippen LogP contribution in [0.1, 0.15) is 43.5 Å². The molecule has 2 rings (SSSR count). The molecule has 0 bridgehead atoms. The molecule has 3 heteroatoms. The number of aryl methyl sites for hydroxylation is 1. The lowest BCUT2D eigenvalue weighted by Gasteiger charge is -2.21. The Morgan fingerprint density at radius 1 is 1.15 bits per heavy atom. The molecule has 0 aliphatic rings. The van der Waals surface area contributed by atoms with Crippen molar-refractivity contribution in [3.8, 4) is 0 Å². The Bertz CT molecular complexity index is 540. The van der Waals surface area contributed by atoms with Crippen LogP contribution >= 0.6 is 15.9 Å². The molecule has 0 fully saturated rings. The molecule has 0 aliphatic carbocycles. The Balaban J connectivity index is 2.19. The second kappa shape index (κ2) is 7.44. The topological polar surface area (TPSA) is 24.9 Å². The zero-order valence-electron chi connectivity index (χ0n) is 12.1. The van der Waals surface area contributed by atoms with Crippen LogP contribution in [0.15, 0.2) is 47.1 Å². The van der Waals surface area contributed by atoms with Gasteiger partial charge in [-0.3, -0.25) is 0 Å². The van der Waals surface area contributed by atoms with E-state index in [1.165, 1.54) is 18.4 Å². The maximum atomic E-state index is 4.45. The summed E-state index contributed by atoms with van der Waals surface area (Å²) >= 11 is 3.41. The van der Waals surface area contributed by atoms with E-state index in [1.54, 1.807) is 0 Å². The highest BCUT2D eigenvalue weighted by molar-refractivity contribution is 9.10. The quantitative estimate of drug-likeness (QED) is 0.707. The predicted molar refractivity (Wildman–Crippen MR) is 89.0 cm³/mol. The van der Waals surface area contributed by atoms with Crippen LogP contribution in [0.3, 0.4) is 0 Å². The minimum atomic E-state index is 0.345. The van der Waals surface area contributed by atoms with Gasteiger partial charge >= 0.3 is 0 Å². The molecule has 1 aromatic heterocycles. The highest BCUT2D eigenvalue weighted by Crippen LogP contribution is 2.26. The summed E-state index contributed by atoms with van der Waals surface area (Å²) in [4.78, 5) is 4.45. The van der Waals surface area contributed by atoms with Crippen molar-refractivity contribution in [2.75, 3.05) is 5.32 Å². The van der Waals surface area contributed by atoms with Gasteiger partial charge in [-0.2, -0.15) is 0 Å². The molecule has 0 aliphatic heterocycles. The van der Waals surface area contributed by atoms with Gasteiger partial charge in [0.05, 0.1) is 17.4 Å². The maximum absolute atomic E-state index is 4.45. The van der Waals surface area contributed by atoms with Crippen LogP contribution in [0.2, 0.25) is 0 Å². The minimum absolute atomic E-state index is 0.345. The first-order valence-electron chi connectivity index (χ1n) is 7.15. The van der Waals surface area contributed by atoms with Gasteiger partial charge in [0.15, 0.2) is 0 Å². The summed E-state index contributed by atoms with van der Waals surface area (Å²) in [7, 11) is 0. The Kier molecular flexibility index (Phi) is 5.60. The SMILES string of the molecule is CCCCC(Nc1ccc(Br)nc1C)c1ccccc1. The Morgan fingerprint density at radius 3 is 2.55 bits per heavy atom. The van der Waals surface area contributed by atoms with E-state index in [4.69, 9.17) is 0 Å². The summed E-state index contributed by atoms with van der Waals surface area (Å²) in [5, 5.41) is 3.64. The molecule has 1 N–H and O–H groups in total. The number of aromatic nitrogens is 1. The number of hydrogen-bond donors (Lipinski definition) is 1. The average Bonchev–Trinajstić information content (AvgIpc) is 2.46. The van der Waals surface area contributed by atoms with E-state index in [9.17, 15) is 0 Å². The van der Waals surface area contributed by atoms with E-state index in [-0.39, 0.29) is 0 Å². The molecule has 0 saturated carbocycles. The van der Waals surface area contributed by atoms with Crippen LogP contribution in [-0.4, -0.2) is 4.98 Å². The highest BCUT2D eigenvalue weighted by Gasteiger charge is 2.12. The summed E-state index contributed by atoms with van der Waals surface area (Å²) in [6.45, 7) is 4.27. The molecule has 2 nitrogen and oxygen atoms in total. The molecule has 1 heterocycles. The Labute approximate surface area is 129 Å². The molecule has 0 saturated heterocycles. The van der Waals surface area contributed by atoms with E-state index >= 15 is 0 Å². The highest BCUT2D eigenvalue weighted by atomic mass is 79.9. The zero-order valence-corrected chi connectivity index (χ0v) is 13.7. The second-order valence-corrected chi connectivity index (χ2v) is 5.83. The fraction of sp³-hybridized carbons (Fsp3) is 0.353. The molecule has 0 spiro atoms. The van der Waals surface area contributed by atoms with Crippen molar-refractivity contribution in [1.29, 1.82) is 0 Å². The number of benzene rings is 1. The summed E-state index contributed by atoms with van der Waals surface area (Å²) in [6.07, 6.45) is 3.56. The van der Waals surface area contributed by atoms with Crippen LogP contribution in [-0.2, 0) is 0 Å². The molecule has 20 heavy (non-hydrogen) atoms. The van der Waals surface area contributed by atoms with Gasteiger partial charge in [0, 0.05) is 0 Å². The van der Waals surface area contributed by atoms with Gasteiger partial charge in [-0.1, -0.05) is 50.1 Å². The lowest BCUT2D eigenvalue weighted by Crippen LogP contribution is -2.12. The van der Waals surface area contributed by atoms with Gasteiger partial charge in [-0.15, -0.1) is 0 Å². The van der Waals surface area contributed by atoms with Crippen molar-refractivity contribution < 1.29 is 0 Å². The number of pyridine rings is 1. The Morgan fingerprint density at radius 2 is 1.90 bits per heavy atom. The maximum Gasteiger partial charge on any atom is 0.106 e. The standard InChI is InChI=1S/C17H21BrN2/c1-3-4-10-16(14-8-6-5-7-9-14)20-15-11-12-17(18)19-13(15)2/h5-9,11-12,16,20H,3-4,10H2,1-2H3. The Hall–Kier alpha value is -1.35. The molecule has 1 unspecified atom stereocenters. The monoisotopic (exact) mass is 332 g/mol. The number of rotatable bonds is 6. The van der Waals surface area contributed by atoms with Gasteiger partial charge in [0.1, 0.15) is 4.60 Å². The first-order valence-corrected chi connectivity index (χ1v) is 7.94. The first-order chi connectivity index (χ1) is 9.70. The normalized spacial score (nSPS) is 12.2. The van der Waals surface area contributed by atoms with Crippen LogP contribution < -0.4 is 5.32 Å². The van der Waals surface area contributed by atoms with E-state index in [0.29, 0.717) is 6.04 Å². The molecule has 106 valence electrons. The van der Waals surface area contributed by atoms with Crippen molar-refractivity contribution in [3.63, 3.8) is 0 Å². The molecule has 2 aromatic rings. The summed E-state index contributed by atoms with van der Waals surface area (Å²) in [5.74, 6) is 0. The van der Waals surface area contributed by atoms with E-state index in [0.717, 1.165) is 22.4 Å². The second-order valence-electron chi connectivity index (χ2n) is 5.02. The van der Waals surface area contributed by atoms with Gasteiger partial charge in [0.2, 0.25) is 0 Å². The van der Waals surface area contributed by atoms with Gasteiger partial charge in [-0.25, -0.2) is 4.98 Å². The summed E-state index contributed by atoms with van der Waals surface area (Å²) < 4.78 is 0.880. The number of nitrogens with one attached hydrogen (secondary N) is 1. The number of halogens is 1. The van der Waals surface area contributed by atoms with Gasteiger partial charge in [-0.05, 0) is 47.0 Å².